The molecule has 0 amide bonds. The zero-order valence-electron chi connectivity index (χ0n) is 15.3. The fraction of sp³-hybridized carbons (Fsp3) is 0.238. The molecule has 0 bridgehead atoms. The number of halogens is 1. The number of aryl methyl sites for hydroxylation is 1. The standard InChI is InChI=1S/C21H18ClN5S/c1-13-16-4-2-3-5-17(16)24-18(19(13)22)12-28-21-26-25-20(27(21)15-6-7-15)14-8-10-23-11-9-14/h2-5,8-11,15H,6-7,12H2,1H3. The molecule has 5 rings (SSSR count). The number of pyridine rings is 2. The van der Waals surface area contributed by atoms with E-state index < -0.39 is 0 Å². The van der Waals surface area contributed by atoms with Gasteiger partial charge in [0.25, 0.3) is 0 Å². The second kappa shape index (κ2) is 7.18. The van der Waals surface area contributed by atoms with E-state index >= 15 is 0 Å². The van der Waals surface area contributed by atoms with Gasteiger partial charge >= 0.3 is 0 Å². The molecule has 140 valence electrons. The van der Waals surface area contributed by atoms with Crippen molar-refractivity contribution in [1.29, 1.82) is 0 Å². The summed E-state index contributed by atoms with van der Waals surface area (Å²) in [6, 6.07) is 12.5. The molecule has 7 heteroatoms. The van der Waals surface area contributed by atoms with E-state index in [0.717, 1.165) is 56.6 Å². The van der Waals surface area contributed by atoms with Crippen molar-refractivity contribution in [2.24, 2.45) is 0 Å². The molecule has 1 aliphatic rings. The first-order valence-corrected chi connectivity index (χ1v) is 10.6. The van der Waals surface area contributed by atoms with Crippen LogP contribution in [-0.4, -0.2) is 24.7 Å². The minimum atomic E-state index is 0.474. The number of para-hydroxylation sites is 1. The molecule has 0 radical (unpaired) electrons. The predicted octanol–water partition coefficient (Wildman–Crippen LogP) is 5.48. The van der Waals surface area contributed by atoms with Crippen LogP contribution in [-0.2, 0) is 5.75 Å². The van der Waals surface area contributed by atoms with E-state index in [9.17, 15) is 0 Å². The van der Waals surface area contributed by atoms with Crippen LogP contribution in [0.3, 0.4) is 0 Å². The van der Waals surface area contributed by atoms with Gasteiger partial charge in [-0.3, -0.25) is 14.5 Å². The van der Waals surface area contributed by atoms with Crippen LogP contribution in [0.15, 0.2) is 53.9 Å². The van der Waals surface area contributed by atoms with E-state index in [4.69, 9.17) is 16.6 Å². The number of hydrogen-bond acceptors (Lipinski definition) is 5. The smallest absolute Gasteiger partial charge is 0.192 e. The molecular formula is C21H18ClN5S. The summed E-state index contributed by atoms with van der Waals surface area (Å²) in [5.41, 5.74) is 3.97. The van der Waals surface area contributed by atoms with Crippen molar-refractivity contribution < 1.29 is 0 Å². The second-order valence-electron chi connectivity index (χ2n) is 6.95. The predicted molar refractivity (Wildman–Crippen MR) is 113 cm³/mol. The van der Waals surface area contributed by atoms with Crippen molar-refractivity contribution in [2.45, 2.75) is 36.7 Å². The van der Waals surface area contributed by atoms with Gasteiger partial charge in [-0.25, -0.2) is 0 Å². The molecule has 0 unspecified atom stereocenters. The van der Waals surface area contributed by atoms with E-state index in [-0.39, 0.29) is 0 Å². The van der Waals surface area contributed by atoms with Gasteiger partial charge in [-0.1, -0.05) is 41.6 Å². The van der Waals surface area contributed by atoms with Crippen molar-refractivity contribution in [3.05, 3.63) is 65.1 Å². The van der Waals surface area contributed by atoms with Crippen molar-refractivity contribution in [3.63, 3.8) is 0 Å². The molecule has 0 spiro atoms. The third kappa shape index (κ3) is 3.16. The first-order valence-electron chi connectivity index (χ1n) is 9.24. The van der Waals surface area contributed by atoms with Crippen molar-refractivity contribution in [1.82, 2.24) is 24.7 Å². The highest BCUT2D eigenvalue weighted by Crippen LogP contribution is 2.41. The van der Waals surface area contributed by atoms with Gasteiger partial charge in [-0.05, 0) is 43.5 Å². The maximum atomic E-state index is 6.63. The zero-order valence-corrected chi connectivity index (χ0v) is 16.9. The van der Waals surface area contributed by atoms with Gasteiger partial charge in [-0.2, -0.15) is 0 Å². The lowest BCUT2D eigenvalue weighted by Gasteiger charge is -2.11. The van der Waals surface area contributed by atoms with E-state index in [1.54, 1.807) is 24.2 Å². The molecule has 1 saturated carbocycles. The monoisotopic (exact) mass is 407 g/mol. The Balaban J connectivity index is 1.47. The summed E-state index contributed by atoms with van der Waals surface area (Å²) in [6.45, 7) is 2.05. The summed E-state index contributed by atoms with van der Waals surface area (Å²) < 4.78 is 2.25. The first kappa shape index (κ1) is 17.6. The molecule has 3 heterocycles. The van der Waals surface area contributed by atoms with Gasteiger partial charge < -0.3 is 0 Å². The number of fused-ring (bicyclic) bond motifs is 1. The summed E-state index contributed by atoms with van der Waals surface area (Å²) in [5.74, 6) is 1.56. The number of thioether (sulfide) groups is 1. The van der Waals surface area contributed by atoms with Gasteiger partial charge in [0.2, 0.25) is 0 Å². The van der Waals surface area contributed by atoms with Crippen LogP contribution in [0.25, 0.3) is 22.3 Å². The van der Waals surface area contributed by atoms with Crippen molar-refractivity contribution >= 4 is 34.3 Å². The number of nitrogens with zero attached hydrogens (tertiary/aromatic N) is 5. The number of benzene rings is 1. The number of hydrogen-bond donors (Lipinski definition) is 0. The Labute approximate surface area is 172 Å². The number of aromatic nitrogens is 5. The van der Waals surface area contributed by atoms with Crippen LogP contribution in [0.1, 0.15) is 30.1 Å². The Morgan fingerprint density at radius 1 is 1.11 bits per heavy atom. The van der Waals surface area contributed by atoms with Gasteiger partial charge in [0.05, 0.1) is 16.2 Å². The quantitative estimate of drug-likeness (QED) is 0.410. The van der Waals surface area contributed by atoms with Crippen molar-refractivity contribution in [2.75, 3.05) is 0 Å². The lowest BCUT2D eigenvalue weighted by atomic mass is 10.1. The van der Waals surface area contributed by atoms with E-state index in [2.05, 4.69) is 32.7 Å². The lowest BCUT2D eigenvalue weighted by Crippen LogP contribution is -2.00. The van der Waals surface area contributed by atoms with E-state index in [1.165, 1.54) is 0 Å². The maximum absolute atomic E-state index is 6.63. The summed E-state index contributed by atoms with van der Waals surface area (Å²) >= 11 is 8.27. The average molecular weight is 408 g/mol. The highest BCUT2D eigenvalue weighted by atomic mass is 35.5. The lowest BCUT2D eigenvalue weighted by molar-refractivity contribution is 0.669. The molecule has 28 heavy (non-hydrogen) atoms. The zero-order chi connectivity index (χ0) is 19.1. The SMILES string of the molecule is Cc1c(Cl)c(CSc2nnc(-c3ccncc3)n2C2CC2)nc2ccccc12. The Morgan fingerprint density at radius 3 is 2.68 bits per heavy atom. The Hall–Kier alpha value is -2.44. The maximum Gasteiger partial charge on any atom is 0.192 e. The highest BCUT2D eigenvalue weighted by molar-refractivity contribution is 7.98. The minimum Gasteiger partial charge on any atom is -0.299 e. The van der Waals surface area contributed by atoms with Gasteiger partial charge in [0.15, 0.2) is 11.0 Å². The highest BCUT2D eigenvalue weighted by Gasteiger charge is 2.30. The fourth-order valence-electron chi connectivity index (χ4n) is 3.38. The molecule has 5 nitrogen and oxygen atoms in total. The summed E-state index contributed by atoms with van der Waals surface area (Å²) in [4.78, 5) is 8.89. The van der Waals surface area contributed by atoms with Crippen molar-refractivity contribution in [3.8, 4) is 11.4 Å². The third-order valence-electron chi connectivity index (χ3n) is 5.00. The topological polar surface area (TPSA) is 56.5 Å². The average Bonchev–Trinajstić information content (AvgIpc) is 3.49. The molecular weight excluding hydrogens is 390 g/mol. The molecule has 0 N–H and O–H groups in total. The van der Waals surface area contributed by atoms with E-state index in [0.29, 0.717) is 11.8 Å². The van der Waals surface area contributed by atoms with Crippen LogP contribution in [0.5, 0.6) is 0 Å². The van der Waals surface area contributed by atoms with Gasteiger partial charge in [0, 0.05) is 35.1 Å². The van der Waals surface area contributed by atoms with Crippen LogP contribution in [0, 0.1) is 6.92 Å². The Kier molecular flexibility index (Phi) is 4.53. The molecule has 0 saturated heterocycles. The molecule has 1 fully saturated rings. The van der Waals surface area contributed by atoms with Crippen LogP contribution in [0.2, 0.25) is 5.02 Å². The summed E-state index contributed by atoms with van der Waals surface area (Å²) in [6.07, 6.45) is 5.90. The van der Waals surface area contributed by atoms with Crippen LogP contribution in [0.4, 0.5) is 0 Å². The molecule has 3 aromatic heterocycles. The second-order valence-corrected chi connectivity index (χ2v) is 8.27. The Morgan fingerprint density at radius 2 is 1.89 bits per heavy atom. The summed E-state index contributed by atoms with van der Waals surface area (Å²) in [5, 5.41) is 11.7. The van der Waals surface area contributed by atoms with Crippen LogP contribution >= 0.6 is 23.4 Å². The first-order chi connectivity index (χ1) is 13.7. The Bertz CT molecular complexity index is 1150. The normalized spacial score (nSPS) is 13.9. The third-order valence-corrected chi connectivity index (χ3v) is 6.46. The van der Waals surface area contributed by atoms with E-state index in [1.807, 2.05) is 30.3 Å². The van der Waals surface area contributed by atoms with Crippen LogP contribution < -0.4 is 0 Å². The molecule has 1 aliphatic carbocycles. The minimum absolute atomic E-state index is 0.474. The molecule has 0 aliphatic heterocycles. The molecule has 1 aromatic carbocycles. The number of rotatable bonds is 5. The van der Waals surface area contributed by atoms with Gasteiger partial charge in [0.1, 0.15) is 0 Å². The molecule has 0 atom stereocenters. The van der Waals surface area contributed by atoms with Gasteiger partial charge in [-0.15, -0.1) is 10.2 Å². The molecule has 4 aromatic rings. The largest absolute Gasteiger partial charge is 0.299 e. The summed E-state index contributed by atoms with van der Waals surface area (Å²) in [7, 11) is 0. The fourth-order valence-corrected chi connectivity index (χ4v) is 4.62.